The zero-order valence-corrected chi connectivity index (χ0v) is 25.4. The van der Waals surface area contributed by atoms with Crippen LogP contribution in [-0.2, 0) is 16.1 Å². The molecule has 1 saturated heterocycles. The molecule has 4 aromatic rings. The van der Waals surface area contributed by atoms with Crippen molar-refractivity contribution in [3.8, 4) is 5.75 Å². The number of ether oxygens (including phenoxy) is 1. The second-order valence-corrected chi connectivity index (χ2v) is 11.5. The predicted octanol–water partition coefficient (Wildman–Crippen LogP) is 7.53. The lowest BCUT2D eigenvalue weighted by atomic mass is 10.2. The van der Waals surface area contributed by atoms with Gasteiger partial charge in [-0.3, -0.25) is 14.5 Å². The van der Waals surface area contributed by atoms with Gasteiger partial charge in [-0.2, -0.15) is 5.10 Å². The molecular formula is C31H24BrClN4O4S. The fourth-order valence-electron chi connectivity index (χ4n) is 3.86. The minimum absolute atomic E-state index is 0.181. The van der Waals surface area contributed by atoms with E-state index in [9.17, 15) is 9.59 Å². The van der Waals surface area contributed by atoms with Gasteiger partial charge in [-0.05, 0) is 84.9 Å². The van der Waals surface area contributed by atoms with Gasteiger partial charge in [0.15, 0.2) is 11.8 Å². The average molecular weight is 664 g/mol. The summed E-state index contributed by atoms with van der Waals surface area (Å²) in [6, 6.07) is 23.6. The van der Waals surface area contributed by atoms with Crippen LogP contribution in [0.25, 0.3) is 6.08 Å². The third-order valence-electron chi connectivity index (χ3n) is 5.95. The number of amidine groups is 1. The summed E-state index contributed by atoms with van der Waals surface area (Å²) in [4.78, 5) is 27.9. The molecule has 0 bridgehead atoms. The van der Waals surface area contributed by atoms with Crippen molar-refractivity contribution in [2.45, 2.75) is 13.5 Å². The summed E-state index contributed by atoms with van der Waals surface area (Å²) < 4.78 is 12.3. The second kappa shape index (κ2) is 13.7. The Hall–Kier alpha value is -4.12. The molecule has 1 aliphatic rings. The number of furan rings is 1. The Morgan fingerprint density at radius 3 is 2.64 bits per heavy atom. The Kier molecular flexibility index (Phi) is 9.58. The van der Waals surface area contributed by atoms with E-state index in [0.29, 0.717) is 37.9 Å². The maximum Gasteiger partial charge on any atom is 0.267 e. The standard InChI is InChI=1S/C31H24BrClN4O4S/c1-20-4-11-25(12-5-20)35-29(38)19-41-27-13-10-24(33)15-22(27)16-28-30(39)37(18-26-3-2-14-40-26)31(42-28)36-34-17-21-6-8-23(32)9-7-21/h2-17H,18-19H2,1H3,(H,35,38)/b28-16-,34-17+,36-31-. The molecule has 0 aliphatic carbocycles. The highest BCUT2D eigenvalue weighted by atomic mass is 79.9. The van der Waals surface area contributed by atoms with E-state index < -0.39 is 0 Å². The molecule has 2 amide bonds. The van der Waals surface area contributed by atoms with Crippen LogP contribution in [0.4, 0.5) is 5.69 Å². The van der Waals surface area contributed by atoms with Gasteiger partial charge in [-0.15, -0.1) is 5.10 Å². The highest BCUT2D eigenvalue weighted by Crippen LogP contribution is 2.36. The van der Waals surface area contributed by atoms with Crippen LogP contribution in [0.15, 0.2) is 109 Å². The molecule has 1 fully saturated rings. The molecule has 8 nitrogen and oxygen atoms in total. The van der Waals surface area contributed by atoms with E-state index in [4.69, 9.17) is 20.8 Å². The van der Waals surface area contributed by atoms with Crippen LogP contribution < -0.4 is 10.1 Å². The van der Waals surface area contributed by atoms with Crippen LogP contribution >= 0.6 is 39.3 Å². The molecule has 42 heavy (non-hydrogen) atoms. The SMILES string of the molecule is Cc1ccc(NC(=O)COc2ccc(Cl)cc2/C=C2\S/C(=N\N=C\c3ccc(Br)cc3)N(Cc3ccco3)C2=O)cc1. The van der Waals surface area contributed by atoms with Crippen LogP contribution in [0, 0.1) is 6.92 Å². The van der Waals surface area contributed by atoms with Crippen molar-refractivity contribution < 1.29 is 18.7 Å². The van der Waals surface area contributed by atoms with E-state index in [-0.39, 0.29) is 25.0 Å². The number of hydrogen-bond acceptors (Lipinski definition) is 7. The van der Waals surface area contributed by atoms with E-state index >= 15 is 0 Å². The molecular weight excluding hydrogens is 640 g/mol. The van der Waals surface area contributed by atoms with Crippen molar-refractivity contribution in [3.63, 3.8) is 0 Å². The fraction of sp³-hybridized carbons (Fsp3) is 0.0968. The topological polar surface area (TPSA) is 96.5 Å². The summed E-state index contributed by atoms with van der Waals surface area (Å²) in [6.45, 7) is 1.93. The van der Waals surface area contributed by atoms with Crippen LogP contribution in [0.2, 0.25) is 5.02 Å². The van der Waals surface area contributed by atoms with E-state index in [1.54, 1.807) is 48.9 Å². The largest absolute Gasteiger partial charge is 0.483 e. The molecule has 1 aromatic heterocycles. The van der Waals surface area contributed by atoms with Crippen molar-refractivity contribution in [1.82, 2.24) is 4.90 Å². The first-order valence-corrected chi connectivity index (χ1v) is 14.7. The maximum atomic E-state index is 13.5. The van der Waals surface area contributed by atoms with Gasteiger partial charge in [-0.1, -0.05) is 57.4 Å². The van der Waals surface area contributed by atoms with Crippen LogP contribution in [0.5, 0.6) is 5.75 Å². The zero-order valence-electron chi connectivity index (χ0n) is 22.3. The number of thioether (sulfide) groups is 1. The van der Waals surface area contributed by atoms with Gasteiger partial charge in [0, 0.05) is 20.7 Å². The minimum atomic E-state index is -0.318. The van der Waals surface area contributed by atoms with Gasteiger partial charge in [0.1, 0.15) is 11.5 Å². The number of carbonyl (C=O) groups is 2. The number of nitrogens with one attached hydrogen (secondary N) is 1. The van der Waals surface area contributed by atoms with Crippen molar-refractivity contribution in [2.24, 2.45) is 10.2 Å². The van der Waals surface area contributed by atoms with Gasteiger partial charge < -0.3 is 14.5 Å². The van der Waals surface area contributed by atoms with Crippen molar-refractivity contribution in [2.75, 3.05) is 11.9 Å². The summed E-state index contributed by atoms with van der Waals surface area (Å²) in [7, 11) is 0. The number of nitrogens with zero attached hydrogens (tertiary/aromatic N) is 3. The number of hydrogen-bond donors (Lipinski definition) is 1. The van der Waals surface area contributed by atoms with Gasteiger partial charge in [0.25, 0.3) is 11.8 Å². The average Bonchev–Trinajstić information content (AvgIpc) is 3.59. The lowest BCUT2D eigenvalue weighted by molar-refractivity contribution is -0.122. The lowest BCUT2D eigenvalue weighted by Crippen LogP contribution is -2.28. The Bertz CT molecular complexity index is 1670. The molecule has 0 radical (unpaired) electrons. The van der Waals surface area contributed by atoms with Gasteiger partial charge in [0.05, 0.1) is 23.9 Å². The summed E-state index contributed by atoms with van der Waals surface area (Å²) >= 11 is 10.9. The highest BCUT2D eigenvalue weighted by Gasteiger charge is 2.34. The number of benzene rings is 3. The third-order valence-corrected chi connectivity index (χ3v) is 7.72. The number of carbonyl (C=O) groups excluding carboxylic acids is 2. The van der Waals surface area contributed by atoms with Crippen molar-refractivity contribution >= 4 is 74.3 Å². The number of aryl methyl sites for hydroxylation is 1. The molecule has 1 aliphatic heterocycles. The van der Waals surface area contributed by atoms with E-state index in [2.05, 4.69) is 31.4 Å². The number of anilines is 1. The van der Waals surface area contributed by atoms with Gasteiger partial charge in [-0.25, -0.2) is 0 Å². The maximum absolute atomic E-state index is 13.5. The number of amides is 2. The van der Waals surface area contributed by atoms with Gasteiger partial charge in [0.2, 0.25) is 0 Å². The van der Waals surface area contributed by atoms with E-state index in [1.165, 1.54) is 16.7 Å². The summed E-state index contributed by atoms with van der Waals surface area (Å²) in [6.07, 6.45) is 4.83. The lowest BCUT2D eigenvalue weighted by Gasteiger charge is -2.13. The van der Waals surface area contributed by atoms with Crippen LogP contribution in [-0.4, -0.2) is 34.7 Å². The second-order valence-electron chi connectivity index (χ2n) is 9.15. The molecule has 0 atom stereocenters. The van der Waals surface area contributed by atoms with Crippen LogP contribution in [0.1, 0.15) is 22.5 Å². The molecule has 1 N–H and O–H groups in total. The van der Waals surface area contributed by atoms with Crippen molar-refractivity contribution in [1.29, 1.82) is 0 Å². The van der Waals surface area contributed by atoms with Crippen molar-refractivity contribution in [3.05, 3.63) is 122 Å². The quantitative estimate of drug-likeness (QED) is 0.114. The number of halogens is 2. The molecule has 2 heterocycles. The van der Waals surface area contributed by atoms with E-state index in [1.807, 2.05) is 55.5 Å². The normalized spacial score (nSPS) is 15.2. The fourth-order valence-corrected chi connectivity index (χ4v) is 5.23. The zero-order chi connectivity index (χ0) is 29.5. The first-order chi connectivity index (χ1) is 20.3. The van der Waals surface area contributed by atoms with Gasteiger partial charge >= 0.3 is 0 Å². The molecule has 11 heteroatoms. The molecule has 3 aromatic carbocycles. The number of rotatable bonds is 9. The summed E-state index contributed by atoms with van der Waals surface area (Å²) in [5.41, 5.74) is 3.16. The first-order valence-electron chi connectivity index (χ1n) is 12.7. The minimum Gasteiger partial charge on any atom is -0.483 e. The molecule has 0 spiro atoms. The molecule has 0 unspecified atom stereocenters. The van der Waals surface area contributed by atoms with Crippen LogP contribution in [0.3, 0.4) is 0 Å². The smallest absolute Gasteiger partial charge is 0.267 e. The predicted molar refractivity (Wildman–Crippen MR) is 171 cm³/mol. The Balaban J connectivity index is 1.36. The first kappa shape index (κ1) is 29.4. The van der Waals surface area contributed by atoms with E-state index in [0.717, 1.165) is 15.6 Å². The summed E-state index contributed by atoms with van der Waals surface area (Å²) in [5, 5.41) is 12.2. The summed E-state index contributed by atoms with van der Waals surface area (Å²) in [5.74, 6) is 0.398. The molecule has 0 saturated carbocycles. The monoisotopic (exact) mass is 662 g/mol. The Morgan fingerprint density at radius 2 is 1.90 bits per heavy atom. The molecule has 212 valence electrons. The Morgan fingerprint density at radius 1 is 1.12 bits per heavy atom. The molecule has 5 rings (SSSR count). The highest BCUT2D eigenvalue weighted by molar-refractivity contribution is 9.10. The Labute approximate surface area is 260 Å². The third kappa shape index (κ3) is 7.79.